The highest BCUT2D eigenvalue weighted by molar-refractivity contribution is 6.76. The quantitative estimate of drug-likeness (QED) is 0.0608. The molecular weight excluding hydrogens is 733 g/mol. The van der Waals surface area contributed by atoms with Crippen LogP contribution in [0.25, 0.3) is 22.5 Å². The average molecular weight is 795 g/mol. The van der Waals surface area contributed by atoms with Gasteiger partial charge in [0.25, 0.3) is 0 Å². The van der Waals surface area contributed by atoms with Gasteiger partial charge >= 0.3 is 12.1 Å². The van der Waals surface area contributed by atoms with E-state index in [-0.39, 0.29) is 43.3 Å². The van der Waals surface area contributed by atoms with Crippen LogP contribution in [0.1, 0.15) is 81.0 Å². The molecular formula is C40H62N6O7Si2. The monoisotopic (exact) mass is 794 g/mol. The summed E-state index contributed by atoms with van der Waals surface area (Å²) < 4.78 is 26.8. The fourth-order valence-electron chi connectivity index (χ4n) is 7.26. The predicted octanol–water partition coefficient (Wildman–Crippen LogP) is 8.57. The van der Waals surface area contributed by atoms with Crippen molar-refractivity contribution in [3.8, 4) is 11.1 Å². The normalized spacial score (nSPS) is 18.8. The number of amides is 1. The fraction of sp³-hybridized carbons (Fsp3) is 0.625. The number of hydrogen-bond acceptors (Lipinski definition) is 10. The van der Waals surface area contributed by atoms with Gasteiger partial charge in [0.1, 0.15) is 36.3 Å². The second-order valence-corrected chi connectivity index (χ2v) is 29.5. The van der Waals surface area contributed by atoms with Crippen LogP contribution in [0.15, 0.2) is 31.1 Å². The van der Waals surface area contributed by atoms with Crippen LogP contribution in [0.2, 0.25) is 51.4 Å². The van der Waals surface area contributed by atoms with Crippen LogP contribution in [0.3, 0.4) is 0 Å². The molecule has 2 fully saturated rings. The zero-order valence-electron chi connectivity index (χ0n) is 34.6. The number of carboxylic acids is 1. The van der Waals surface area contributed by atoms with Gasteiger partial charge in [0.15, 0.2) is 5.65 Å². The molecule has 15 heteroatoms. The van der Waals surface area contributed by atoms with Crippen LogP contribution in [-0.2, 0) is 18.9 Å². The van der Waals surface area contributed by atoms with E-state index in [4.69, 9.17) is 29.0 Å². The Labute approximate surface area is 328 Å². The Morgan fingerprint density at radius 1 is 0.964 bits per heavy atom. The number of aromatic carboxylic acids is 1. The molecule has 0 radical (unpaired) electrons. The maximum absolute atomic E-state index is 13.5. The van der Waals surface area contributed by atoms with Crippen LogP contribution in [0, 0.1) is 0 Å². The highest BCUT2D eigenvalue weighted by Crippen LogP contribution is 2.47. The lowest BCUT2D eigenvalue weighted by atomic mass is 9.85. The summed E-state index contributed by atoms with van der Waals surface area (Å²) in [6, 6.07) is 5.24. The SMILES string of the molecule is C=C(OCC)c1c(C2C[C@H]3CC[C@@H](C2)N3C(=O)OC(C)(C)C)nc2c(-c3ccc(C(=O)O)nc3)cnn2c1N(COCC[Si](C)(C)C)COCC[Si](C)(C)C. The molecule has 3 aromatic rings. The van der Waals surface area contributed by atoms with Gasteiger partial charge in [0.05, 0.1) is 24.1 Å². The van der Waals surface area contributed by atoms with Crippen molar-refractivity contribution < 1.29 is 33.6 Å². The summed E-state index contributed by atoms with van der Waals surface area (Å²) in [5, 5.41) is 14.5. The lowest BCUT2D eigenvalue weighted by molar-refractivity contribution is 0.00564. The van der Waals surface area contributed by atoms with Gasteiger partial charge < -0.3 is 33.9 Å². The second kappa shape index (κ2) is 17.1. The van der Waals surface area contributed by atoms with Crippen molar-refractivity contribution in [2.75, 3.05) is 38.2 Å². The van der Waals surface area contributed by atoms with E-state index in [2.05, 4.69) is 55.7 Å². The average Bonchev–Trinajstić information content (AvgIpc) is 3.62. The van der Waals surface area contributed by atoms with Crippen molar-refractivity contribution in [2.24, 2.45) is 0 Å². The number of piperidine rings is 1. The van der Waals surface area contributed by atoms with E-state index in [9.17, 15) is 14.7 Å². The van der Waals surface area contributed by atoms with E-state index in [1.807, 2.05) is 32.6 Å². The van der Waals surface area contributed by atoms with Gasteiger partial charge in [-0.2, -0.15) is 9.61 Å². The Morgan fingerprint density at radius 3 is 2.05 bits per heavy atom. The van der Waals surface area contributed by atoms with Gasteiger partial charge in [-0.1, -0.05) is 51.9 Å². The molecule has 2 aliphatic heterocycles. The van der Waals surface area contributed by atoms with Gasteiger partial charge in [-0.25, -0.2) is 19.6 Å². The Kier molecular flexibility index (Phi) is 13.2. The Morgan fingerprint density at radius 2 is 1.56 bits per heavy atom. The van der Waals surface area contributed by atoms with Gasteiger partial charge in [-0.15, -0.1) is 0 Å². The number of fused-ring (bicyclic) bond motifs is 3. The lowest BCUT2D eigenvalue weighted by Crippen LogP contribution is -2.48. The molecule has 2 saturated heterocycles. The highest BCUT2D eigenvalue weighted by atomic mass is 28.3. The molecule has 1 N–H and O–H groups in total. The molecule has 2 aliphatic rings. The van der Waals surface area contributed by atoms with Gasteiger partial charge in [0, 0.05) is 64.7 Å². The number of nitrogens with zero attached hydrogens (tertiary/aromatic N) is 6. The fourth-order valence-corrected chi connectivity index (χ4v) is 8.77. The van der Waals surface area contributed by atoms with Crippen molar-refractivity contribution in [2.45, 2.75) is 128 Å². The summed E-state index contributed by atoms with van der Waals surface area (Å²) in [6.45, 7) is 28.2. The Bertz CT molecular complexity index is 1790. The molecule has 1 amide bonds. The third-order valence-electron chi connectivity index (χ3n) is 10.1. The molecule has 5 rings (SSSR count). The number of aromatic nitrogens is 4. The summed E-state index contributed by atoms with van der Waals surface area (Å²) in [4.78, 5) is 38.8. The molecule has 3 atom stereocenters. The highest BCUT2D eigenvalue weighted by Gasteiger charge is 2.46. The zero-order chi connectivity index (χ0) is 40.3. The summed E-state index contributed by atoms with van der Waals surface area (Å²) >= 11 is 0. The largest absolute Gasteiger partial charge is 0.494 e. The van der Waals surface area contributed by atoms with Crippen LogP contribution in [0.5, 0.6) is 0 Å². The van der Waals surface area contributed by atoms with E-state index >= 15 is 0 Å². The molecule has 0 aliphatic carbocycles. The van der Waals surface area contributed by atoms with Crippen LogP contribution in [0.4, 0.5) is 10.6 Å². The first kappa shape index (κ1) is 42.3. The third kappa shape index (κ3) is 10.7. The van der Waals surface area contributed by atoms with Crippen LogP contribution in [-0.4, -0.2) is 109 Å². The maximum atomic E-state index is 13.5. The third-order valence-corrected chi connectivity index (χ3v) is 13.5. The molecule has 13 nitrogen and oxygen atoms in total. The van der Waals surface area contributed by atoms with E-state index in [1.165, 1.54) is 6.07 Å². The number of carboxylic acid groups (broad SMARTS) is 1. The smallest absolute Gasteiger partial charge is 0.410 e. The zero-order valence-corrected chi connectivity index (χ0v) is 36.6. The Balaban J connectivity index is 1.67. The first-order valence-electron chi connectivity index (χ1n) is 19.6. The molecule has 2 bridgehead atoms. The van der Waals surface area contributed by atoms with Gasteiger partial charge in [-0.3, -0.25) is 0 Å². The Hall–Kier alpha value is -3.80. The topological polar surface area (TPSA) is 141 Å². The minimum absolute atomic E-state index is 0.00340. The molecule has 0 aromatic carbocycles. The summed E-state index contributed by atoms with van der Waals surface area (Å²) in [5.41, 5.74) is 2.88. The molecule has 0 saturated carbocycles. The van der Waals surface area contributed by atoms with Crippen molar-refractivity contribution in [3.63, 3.8) is 0 Å². The van der Waals surface area contributed by atoms with Gasteiger partial charge in [0.2, 0.25) is 0 Å². The van der Waals surface area contributed by atoms with Crippen LogP contribution >= 0.6 is 0 Å². The van der Waals surface area contributed by atoms with Crippen LogP contribution < -0.4 is 4.90 Å². The first-order chi connectivity index (χ1) is 25.8. The minimum atomic E-state index is -1.37. The second-order valence-electron chi connectivity index (χ2n) is 18.3. The first-order valence-corrected chi connectivity index (χ1v) is 27.0. The van der Waals surface area contributed by atoms with Gasteiger partial charge in [-0.05, 0) is 71.5 Å². The summed E-state index contributed by atoms with van der Waals surface area (Å²) in [7, 11) is -2.73. The van der Waals surface area contributed by atoms with E-state index < -0.39 is 27.7 Å². The number of anilines is 1. The van der Waals surface area contributed by atoms with Crippen molar-refractivity contribution in [1.82, 2.24) is 24.5 Å². The number of hydrogen-bond donors (Lipinski definition) is 1. The number of ether oxygens (including phenoxy) is 4. The molecule has 1 unspecified atom stereocenters. The summed E-state index contributed by atoms with van der Waals surface area (Å²) in [6.07, 6.45) is 6.19. The molecule has 5 heterocycles. The number of carbonyl (C=O) groups is 2. The standard InChI is InChI=1S/C40H62N6O7Si2/c1-12-52-27(2)34-35(29-21-30-14-15-31(22-29)45(30)39(49)53-40(3,4)5)43-36-32(28-13-16-33(38(47)48)41-23-28)24-42-46(36)37(34)44(25-50-17-19-54(6,7)8)26-51-18-20-55(9,10)11/h13,16,23-24,29-31H,2,12,14-15,17-22,25-26H2,1,3-11H3,(H,47,48)/t29?,30-,31+. The molecule has 0 spiro atoms. The predicted molar refractivity (Wildman–Crippen MR) is 221 cm³/mol. The van der Waals surface area contributed by atoms with Crippen molar-refractivity contribution in [1.29, 1.82) is 0 Å². The van der Waals surface area contributed by atoms with E-state index in [0.29, 0.717) is 61.0 Å². The maximum Gasteiger partial charge on any atom is 0.410 e. The summed E-state index contributed by atoms with van der Waals surface area (Å²) in [5.74, 6) is 0.0367. The lowest BCUT2D eigenvalue weighted by Gasteiger charge is -2.40. The molecule has 302 valence electrons. The molecule has 55 heavy (non-hydrogen) atoms. The number of pyridine rings is 1. The minimum Gasteiger partial charge on any atom is -0.494 e. The van der Waals surface area contributed by atoms with E-state index in [0.717, 1.165) is 36.2 Å². The molecule has 3 aromatic heterocycles. The number of carbonyl (C=O) groups excluding carboxylic acids is 1. The van der Waals surface area contributed by atoms with Crippen molar-refractivity contribution >= 4 is 45.4 Å². The van der Waals surface area contributed by atoms with E-state index in [1.54, 1.807) is 23.0 Å². The van der Waals surface area contributed by atoms with Crippen molar-refractivity contribution in [3.05, 3.63) is 48.1 Å². The number of rotatable bonds is 17.